The number of anilines is 2. The molecule has 0 aromatic heterocycles. The number of carbonyl (C=O) groups excluding carboxylic acids is 2. The highest BCUT2D eigenvalue weighted by Crippen LogP contribution is 2.31. The number of rotatable bonds is 8. The quantitative estimate of drug-likeness (QED) is 0.263. The molecule has 1 aliphatic carbocycles. The van der Waals surface area contributed by atoms with Crippen molar-refractivity contribution in [2.24, 2.45) is 11.8 Å². The Bertz CT molecular complexity index is 1350. The van der Waals surface area contributed by atoms with Crippen LogP contribution in [-0.2, 0) is 10.9 Å². The molecular weight excluding hydrogens is 637 g/mol. The van der Waals surface area contributed by atoms with Crippen LogP contribution < -0.4 is 15.4 Å². The van der Waals surface area contributed by atoms with Crippen LogP contribution in [0.25, 0.3) is 0 Å². The molecule has 49 heavy (non-hydrogen) atoms. The van der Waals surface area contributed by atoms with Gasteiger partial charge in [0.15, 0.2) is 0 Å². The zero-order chi connectivity index (χ0) is 35.6. The Hall–Kier alpha value is -3.35. The molecule has 0 bridgehead atoms. The van der Waals surface area contributed by atoms with Gasteiger partial charge >= 0.3 is 12.2 Å². The molecule has 0 spiro atoms. The number of hydrogen-bond acceptors (Lipinski definition) is 6. The lowest BCUT2D eigenvalue weighted by molar-refractivity contribution is -0.137. The minimum absolute atomic E-state index is 0.0474. The molecule has 1 saturated carbocycles. The summed E-state index contributed by atoms with van der Waals surface area (Å²) in [6.45, 7) is 8.29. The van der Waals surface area contributed by atoms with Crippen molar-refractivity contribution in [2.75, 3.05) is 50.5 Å². The molecule has 4 rings (SSSR count). The molecule has 4 atom stereocenters. The number of ether oxygens (including phenoxy) is 2. The van der Waals surface area contributed by atoms with Gasteiger partial charge in [0.2, 0.25) is 0 Å². The summed E-state index contributed by atoms with van der Waals surface area (Å²) in [4.78, 5) is 31.2. The van der Waals surface area contributed by atoms with E-state index in [-0.39, 0.29) is 41.9 Å². The highest BCUT2D eigenvalue weighted by atomic mass is 19.4. The number of benzene rings is 2. The highest BCUT2D eigenvalue weighted by Gasteiger charge is 2.32. The molecule has 2 aromatic rings. The number of nitrogens with zero attached hydrogens (tertiary/aromatic N) is 2. The van der Waals surface area contributed by atoms with Crippen LogP contribution >= 0.6 is 0 Å². The van der Waals surface area contributed by atoms with Crippen LogP contribution in [0.2, 0.25) is 0 Å². The van der Waals surface area contributed by atoms with E-state index in [1.807, 2.05) is 6.92 Å². The molecule has 1 aliphatic heterocycles. The van der Waals surface area contributed by atoms with Crippen molar-refractivity contribution in [1.29, 1.82) is 0 Å². The van der Waals surface area contributed by atoms with Crippen molar-refractivity contribution in [1.82, 2.24) is 9.80 Å². The summed E-state index contributed by atoms with van der Waals surface area (Å²) >= 11 is 0. The number of amides is 3. The van der Waals surface area contributed by atoms with E-state index < -0.39 is 23.8 Å². The molecular formula is C37H53F3N4O5. The SMILES string of the molecule is C[C@@H]1CCCCO[C@H](CN(C)CC2CCCCC2)[C@H](C)CN([C@H](C)CO)C(=O)c2cc(NC(=O)Nc3ccc(C(F)(F)F)cc3)ccc2O1. The molecule has 3 amide bonds. The van der Waals surface area contributed by atoms with Gasteiger partial charge in [-0.1, -0.05) is 26.2 Å². The lowest BCUT2D eigenvalue weighted by Gasteiger charge is -2.36. The fourth-order valence-corrected chi connectivity index (χ4v) is 6.69. The first-order chi connectivity index (χ1) is 23.3. The third kappa shape index (κ3) is 11.6. The smallest absolute Gasteiger partial charge is 0.416 e. The topological polar surface area (TPSA) is 103 Å². The average Bonchev–Trinajstić information content (AvgIpc) is 3.06. The minimum Gasteiger partial charge on any atom is -0.490 e. The number of aliphatic hydroxyl groups excluding tert-OH is 1. The highest BCUT2D eigenvalue weighted by molar-refractivity contribution is 6.02. The Labute approximate surface area is 288 Å². The van der Waals surface area contributed by atoms with Gasteiger partial charge in [-0.25, -0.2) is 4.79 Å². The van der Waals surface area contributed by atoms with E-state index in [1.54, 1.807) is 24.0 Å². The Morgan fingerprint density at radius 1 is 0.980 bits per heavy atom. The Kier molecular flexibility index (Phi) is 14.2. The van der Waals surface area contributed by atoms with Crippen LogP contribution in [0.15, 0.2) is 42.5 Å². The van der Waals surface area contributed by atoms with E-state index in [4.69, 9.17) is 9.47 Å². The molecule has 1 heterocycles. The molecule has 0 unspecified atom stereocenters. The first kappa shape index (κ1) is 38.5. The second-order valence-corrected chi connectivity index (χ2v) is 13.9. The maximum absolute atomic E-state index is 14.4. The molecule has 1 fully saturated rings. The number of aliphatic hydroxyl groups is 1. The predicted molar refractivity (Wildman–Crippen MR) is 185 cm³/mol. The second kappa shape index (κ2) is 18.1. The molecule has 2 aromatic carbocycles. The van der Waals surface area contributed by atoms with Crippen molar-refractivity contribution >= 4 is 23.3 Å². The standard InChI is InChI=1S/C37H53F3N4O5/c1-25-21-44(26(2)24-45)35(46)32-20-31(42-36(47)41-30-15-13-29(14-16-30)37(38,39)40)17-18-33(32)49-27(3)10-8-9-19-48-34(25)23-43(4)22-28-11-6-5-7-12-28/h13-18,20,25-28,34,45H,5-12,19,21-24H2,1-4H3,(H2,41,42,47)/t25-,26-,27-,34-/m1/s1. The van der Waals surface area contributed by atoms with E-state index in [0.717, 1.165) is 44.5 Å². The number of hydrogen-bond donors (Lipinski definition) is 3. The van der Waals surface area contributed by atoms with Gasteiger partial charge in [-0.3, -0.25) is 4.79 Å². The third-order valence-electron chi connectivity index (χ3n) is 9.57. The first-order valence-electron chi connectivity index (χ1n) is 17.6. The lowest BCUT2D eigenvalue weighted by atomic mass is 9.89. The largest absolute Gasteiger partial charge is 0.490 e. The van der Waals surface area contributed by atoms with E-state index in [9.17, 15) is 27.9 Å². The normalized spacial score (nSPS) is 22.5. The molecule has 9 nitrogen and oxygen atoms in total. The lowest BCUT2D eigenvalue weighted by Crippen LogP contribution is -2.47. The van der Waals surface area contributed by atoms with Crippen LogP contribution in [0.5, 0.6) is 5.75 Å². The van der Waals surface area contributed by atoms with Crippen molar-refractivity contribution in [3.63, 3.8) is 0 Å². The maximum Gasteiger partial charge on any atom is 0.416 e. The van der Waals surface area contributed by atoms with E-state index >= 15 is 0 Å². The number of fused-ring (bicyclic) bond motifs is 1. The average molecular weight is 691 g/mol. The van der Waals surface area contributed by atoms with Gasteiger partial charge in [-0.2, -0.15) is 13.2 Å². The summed E-state index contributed by atoms with van der Waals surface area (Å²) in [5.41, 5.74) is -0.118. The zero-order valence-corrected chi connectivity index (χ0v) is 29.2. The van der Waals surface area contributed by atoms with Gasteiger partial charge < -0.3 is 35.0 Å². The molecule has 0 radical (unpaired) electrons. The molecule has 272 valence electrons. The van der Waals surface area contributed by atoms with Gasteiger partial charge in [0.25, 0.3) is 5.91 Å². The monoisotopic (exact) mass is 690 g/mol. The number of nitrogens with one attached hydrogen (secondary N) is 2. The van der Waals surface area contributed by atoms with Crippen LogP contribution in [0, 0.1) is 11.8 Å². The molecule has 2 aliphatic rings. The number of alkyl halides is 3. The van der Waals surface area contributed by atoms with Crippen LogP contribution in [0.3, 0.4) is 0 Å². The van der Waals surface area contributed by atoms with Crippen LogP contribution in [-0.4, -0.2) is 85.0 Å². The van der Waals surface area contributed by atoms with Crippen LogP contribution in [0.1, 0.15) is 88.1 Å². The van der Waals surface area contributed by atoms with E-state index in [2.05, 4.69) is 29.5 Å². The molecule has 12 heteroatoms. The van der Waals surface area contributed by atoms with Gasteiger partial charge in [0.1, 0.15) is 5.75 Å². The summed E-state index contributed by atoms with van der Waals surface area (Å²) in [5.74, 6) is 0.659. The van der Waals surface area contributed by atoms with Gasteiger partial charge in [0.05, 0.1) is 36.0 Å². The summed E-state index contributed by atoms with van der Waals surface area (Å²) in [6.07, 6.45) is 4.13. The minimum atomic E-state index is -4.49. The van der Waals surface area contributed by atoms with Crippen LogP contribution in [0.4, 0.5) is 29.3 Å². The van der Waals surface area contributed by atoms with E-state index in [0.29, 0.717) is 30.5 Å². The third-order valence-corrected chi connectivity index (χ3v) is 9.57. The Morgan fingerprint density at radius 2 is 1.63 bits per heavy atom. The maximum atomic E-state index is 14.4. The van der Waals surface area contributed by atoms with Crippen molar-refractivity contribution in [2.45, 2.75) is 96.6 Å². The summed E-state index contributed by atoms with van der Waals surface area (Å²) in [6, 6.07) is 7.72. The van der Waals surface area contributed by atoms with Crippen molar-refractivity contribution in [3.05, 3.63) is 53.6 Å². The first-order valence-corrected chi connectivity index (χ1v) is 17.6. The summed E-state index contributed by atoms with van der Waals surface area (Å²) in [5, 5.41) is 15.4. The summed E-state index contributed by atoms with van der Waals surface area (Å²) in [7, 11) is 2.15. The van der Waals surface area contributed by atoms with Crippen molar-refractivity contribution in [3.8, 4) is 5.75 Å². The number of likely N-dealkylation sites (N-methyl/N-ethyl adjacent to an activating group) is 1. The molecule has 0 saturated heterocycles. The van der Waals surface area contributed by atoms with Crippen molar-refractivity contribution < 1.29 is 37.3 Å². The van der Waals surface area contributed by atoms with E-state index in [1.165, 1.54) is 50.3 Å². The predicted octanol–water partition coefficient (Wildman–Crippen LogP) is 7.66. The van der Waals surface area contributed by atoms with Gasteiger partial charge in [0, 0.05) is 43.5 Å². The Morgan fingerprint density at radius 3 is 2.31 bits per heavy atom. The molecule has 3 N–H and O–H groups in total. The fourth-order valence-electron chi connectivity index (χ4n) is 6.69. The number of urea groups is 1. The summed E-state index contributed by atoms with van der Waals surface area (Å²) < 4.78 is 51.6. The number of carbonyl (C=O) groups is 2. The number of halogens is 3. The zero-order valence-electron chi connectivity index (χ0n) is 29.2. The fraction of sp³-hybridized carbons (Fsp3) is 0.622. The van der Waals surface area contributed by atoms with Gasteiger partial charge in [-0.05, 0) is 101 Å². The second-order valence-electron chi connectivity index (χ2n) is 13.9. The van der Waals surface area contributed by atoms with Gasteiger partial charge in [-0.15, -0.1) is 0 Å². The Balaban J connectivity index is 1.55.